The van der Waals surface area contributed by atoms with Gasteiger partial charge < -0.3 is 4.74 Å². The highest BCUT2D eigenvalue weighted by atomic mass is 16.5. The summed E-state index contributed by atoms with van der Waals surface area (Å²) in [5, 5.41) is 0. The predicted molar refractivity (Wildman–Crippen MR) is 64.3 cm³/mol. The second kappa shape index (κ2) is 6.40. The summed E-state index contributed by atoms with van der Waals surface area (Å²) < 4.78 is 5.30. The fourth-order valence-corrected chi connectivity index (χ4v) is 1.75. The zero-order valence-electron chi connectivity index (χ0n) is 9.51. The van der Waals surface area contributed by atoms with Crippen LogP contribution in [0, 0.1) is 0 Å². The highest BCUT2D eigenvalue weighted by Crippen LogP contribution is 1.99. The summed E-state index contributed by atoms with van der Waals surface area (Å²) in [6.45, 7) is 4.88. The summed E-state index contributed by atoms with van der Waals surface area (Å²) >= 11 is 0. The first-order chi connectivity index (χ1) is 7.95. The third-order valence-corrected chi connectivity index (χ3v) is 2.71. The van der Waals surface area contributed by atoms with Crippen LogP contribution in [0.15, 0.2) is 36.7 Å². The lowest BCUT2D eigenvalue weighted by molar-refractivity contribution is 0.0434. The summed E-state index contributed by atoms with van der Waals surface area (Å²) in [7, 11) is 0. The molecule has 3 nitrogen and oxygen atoms in total. The monoisotopic (exact) mass is 218 g/mol. The van der Waals surface area contributed by atoms with Gasteiger partial charge in [-0.2, -0.15) is 0 Å². The van der Waals surface area contributed by atoms with Crippen molar-refractivity contribution in [3.63, 3.8) is 0 Å². The van der Waals surface area contributed by atoms with Crippen LogP contribution in [0.25, 0.3) is 0 Å². The van der Waals surface area contributed by atoms with Gasteiger partial charge in [0.25, 0.3) is 0 Å². The maximum atomic E-state index is 5.30. The molecule has 0 amide bonds. The minimum absolute atomic E-state index is 0.871. The van der Waals surface area contributed by atoms with E-state index in [1.54, 1.807) is 6.20 Å². The van der Waals surface area contributed by atoms with E-state index in [0.717, 1.165) is 39.3 Å². The second-order valence-corrected chi connectivity index (χ2v) is 3.95. The van der Waals surface area contributed by atoms with Gasteiger partial charge >= 0.3 is 0 Å². The van der Waals surface area contributed by atoms with Crippen molar-refractivity contribution in [1.82, 2.24) is 9.88 Å². The predicted octanol–water partition coefficient (Wildman–Crippen LogP) is 1.51. The molecular formula is C13H18N2O. The minimum atomic E-state index is 0.871. The SMILES string of the molecule is C(=C\CN1CCOCC1)/Cc1cccnc1. The molecule has 1 aliphatic rings. The zero-order chi connectivity index (χ0) is 11.1. The summed E-state index contributed by atoms with van der Waals surface area (Å²) in [5.74, 6) is 0. The van der Waals surface area contributed by atoms with Crippen molar-refractivity contribution in [2.45, 2.75) is 6.42 Å². The Balaban J connectivity index is 1.69. The Labute approximate surface area is 96.7 Å². The van der Waals surface area contributed by atoms with Crippen molar-refractivity contribution in [3.05, 3.63) is 42.2 Å². The van der Waals surface area contributed by atoms with Gasteiger partial charge in [-0.3, -0.25) is 9.88 Å². The molecule has 1 fully saturated rings. The van der Waals surface area contributed by atoms with E-state index < -0.39 is 0 Å². The van der Waals surface area contributed by atoms with Crippen molar-refractivity contribution in [2.75, 3.05) is 32.8 Å². The molecule has 0 unspecified atom stereocenters. The van der Waals surface area contributed by atoms with Gasteiger partial charge in [-0.15, -0.1) is 0 Å². The smallest absolute Gasteiger partial charge is 0.0594 e. The minimum Gasteiger partial charge on any atom is -0.379 e. The summed E-state index contributed by atoms with van der Waals surface area (Å²) in [6, 6.07) is 4.08. The third kappa shape index (κ3) is 3.76. The van der Waals surface area contributed by atoms with E-state index >= 15 is 0 Å². The summed E-state index contributed by atoms with van der Waals surface area (Å²) in [6.07, 6.45) is 9.14. The van der Waals surface area contributed by atoms with Crippen LogP contribution >= 0.6 is 0 Å². The van der Waals surface area contributed by atoms with Gasteiger partial charge in [0.05, 0.1) is 13.2 Å². The summed E-state index contributed by atoms with van der Waals surface area (Å²) in [5.41, 5.74) is 1.26. The number of pyridine rings is 1. The highest BCUT2D eigenvalue weighted by molar-refractivity contribution is 5.12. The van der Waals surface area contributed by atoms with E-state index in [4.69, 9.17) is 4.74 Å². The summed E-state index contributed by atoms with van der Waals surface area (Å²) in [4.78, 5) is 6.50. The van der Waals surface area contributed by atoms with Gasteiger partial charge in [0.2, 0.25) is 0 Å². The maximum absolute atomic E-state index is 5.30. The molecular weight excluding hydrogens is 200 g/mol. The molecule has 16 heavy (non-hydrogen) atoms. The number of nitrogens with zero attached hydrogens (tertiary/aromatic N) is 2. The van der Waals surface area contributed by atoms with Gasteiger partial charge in [-0.1, -0.05) is 18.2 Å². The van der Waals surface area contributed by atoms with Gasteiger partial charge in [-0.25, -0.2) is 0 Å². The van der Waals surface area contributed by atoms with Crippen molar-refractivity contribution in [1.29, 1.82) is 0 Å². The Kier molecular flexibility index (Phi) is 4.52. The number of aromatic nitrogens is 1. The van der Waals surface area contributed by atoms with Crippen LogP contribution in [0.3, 0.4) is 0 Å². The van der Waals surface area contributed by atoms with Crippen molar-refractivity contribution < 1.29 is 4.74 Å². The molecule has 0 saturated carbocycles. The normalized spacial score (nSPS) is 18.0. The molecule has 0 spiro atoms. The Hall–Kier alpha value is -1.19. The average Bonchev–Trinajstić information content (AvgIpc) is 2.37. The lowest BCUT2D eigenvalue weighted by atomic mass is 10.2. The maximum Gasteiger partial charge on any atom is 0.0594 e. The van der Waals surface area contributed by atoms with Gasteiger partial charge in [-0.05, 0) is 18.1 Å². The fourth-order valence-electron chi connectivity index (χ4n) is 1.75. The van der Waals surface area contributed by atoms with Crippen molar-refractivity contribution in [3.8, 4) is 0 Å². The Morgan fingerprint density at radius 1 is 1.31 bits per heavy atom. The lowest BCUT2D eigenvalue weighted by Gasteiger charge is -2.25. The van der Waals surface area contributed by atoms with Crippen LogP contribution in [0.1, 0.15) is 5.56 Å². The first-order valence-corrected chi connectivity index (χ1v) is 5.79. The Morgan fingerprint density at radius 3 is 2.94 bits per heavy atom. The van der Waals surface area contributed by atoms with Crippen molar-refractivity contribution in [2.24, 2.45) is 0 Å². The molecule has 0 aromatic carbocycles. The lowest BCUT2D eigenvalue weighted by Crippen LogP contribution is -2.36. The van der Waals surface area contributed by atoms with E-state index in [1.165, 1.54) is 5.56 Å². The van der Waals surface area contributed by atoms with E-state index in [0.29, 0.717) is 0 Å². The second-order valence-electron chi connectivity index (χ2n) is 3.95. The van der Waals surface area contributed by atoms with Crippen LogP contribution in [0.4, 0.5) is 0 Å². The molecule has 0 N–H and O–H groups in total. The van der Waals surface area contributed by atoms with Gasteiger partial charge in [0, 0.05) is 32.0 Å². The largest absolute Gasteiger partial charge is 0.379 e. The molecule has 0 bridgehead atoms. The van der Waals surface area contributed by atoms with Crippen LogP contribution in [-0.4, -0.2) is 42.7 Å². The Morgan fingerprint density at radius 2 is 2.19 bits per heavy atom. The van der Waals surface area contributed by atoms with E-state index in [2.05, 4.69) is 28.1 Å². The zero-order valence-corrected chi connectivity index (χ0v) is 9.51. The molecule has 2 heterocycles. The molecule has 0 radical (unpaired) electrons. The number of hydrogen-bond donors (Lipinski definition) is 0. The molecule has 1 aromatic rings. The number of rotatable bonds is 4. The number of ether oxygens (including phenoxy) is 1. The molecule has 1 saturated heterocycles. The molecule has 1 aromatic heterocycles. The van der Waals surface area contributed by atoms with Gasteiger partial charge in [0.1, 0.15) is 0 Å². The van der Waals surface area contributed by atoms with Crippen LogP contribution in [0.2, 0.25) is 0 Å². The quantitative estimate of drug-likeness (QED) is 0.716. The van der Waals surface area contributed by atoms with Crippen molar-refractivity contribution >= 4 is 0 Å². The number of morpholine rings is 1. The topological polar surface area (TPSA) is 25.4 Å². The number of allylic oxidation sites excluding steroid dienone is 1. The van der Waals surface area contributed by atoms with Gasteiger partial charge in [0.15, 0.2) is 0 Å². The van der Waals surface area contributed by atoms with E-state index in [1.807, 2.05) is 12.3 Å². The van der Waals surface area contributed by atoms with E-state index in [-0.39, 0.29) is 0 Å². The molecule has 86 valence electrons. The molecule has 1 aliphatic heterocycles. The molecule has 0 atom stereocenters. The first kappa shape index (κ1) is 11.3. The number of hydrogen-bond acceptors (Lipinski definition) is 3. The third-order valence-electron chi connectivity index (χ3n) is 2.71. The average molecular weight is 218 g/mol. The van der Waals surface area contributed by atoms with Crippen LogP contribution in [0.5, 0.6) is 0 Å². The van der Waals surface area contributed by atoms with Crippen LogP contribution < -0.4 is 0 Å². The molecule has 3 heteroatoms. The molecule has 2 rings (SSSR count). The van der Waals surface area contributed by atoms with Crippen LogP contribution in [-0.2, 0) is 11.2 Å². The molecule has 0 aliphatic carbocycles. The van der Waals surface area contributed by atoms with E-state index in [9.17, 15) is 0 Å². The highest BCUT2D eigenvalue weighted by Gasteiger charge is 2.07. The first-order valence-electron chi connectivity index (χ1n) is 5.79. The fraction of sp³-hybridized carbons (Fsp3) is 0.462. The standard InChI is InChI=1S/C13H18N2O/c1(4-13-5-3-6-14-12-13)2-7-15-8-10-16-11-9-15/h1-3,5-6,12H,4,7-11H2/b2-1+. The Bertz CT molecular complexity index is 318.